The Morgan fingerprint density at radius 2 is 1.93 bits per heavy atom. The van der Waals surface area contributed by atoms with E-state index in [0.717, 1.165) is 49.1 Å². The smallest absolute Gasteiger partial charge is 0.142 e. The SMILES string of the molecule is C[C@]12CC[C@@H]3c4cc(N)c(OCc5ccccc5)cc4CC[C@H]3[C@@H]1CCC2=O. The fourth-order valence-corrected chi connectivity index (χ4v) is 6.25. The van der Waals surface area contributed by atoms with E-state index in [-0.39, 0.29) is 5.41 Å². The van der Waals surface area contributed by atoms with Crippen molar-refractivity contribution < 1.29 is 9.53 Å². The van der Waals surface area contributed by atoms with Gasteiger partial charge in [-0.3, -0.25) is 4.79 Å². The predicted octanol–water partition coefficient (Wildman–Crippen LogP) is 5.27. The van der Waals surface area contributed by atoms with Gasteiger partial charge in [-0.2, -0.15) is 0 Å². The van der Waals surface area contributed by atoms with Gasteiger partial charge in [-0.15, -0.1) is 0 Å². The molecule has 2 N–H and O–H groups in total. The molecule has 0 unspecified atom stereocenters. The Kier molecular flexibility index (Phi) is 4.22. The lowest BCUT2D eigenvalue weighted by molar-refractivity contribution is -0.129. The van der Waals surface area contributed by atoms with Crippen molar-refractivity contribution in [1.29, 1.82) is 0 Å². The van der Waals surface area contributed by atoms with Gasteiger partial charge in [0.15, 0.2) is 0 Å². The van der Waals surface area contributed by atoms with Crippen molar-refractivity contribution >= 4 is 11.5 Å². The first kappa shape index (κ1) is 17.8. The molecule has 5 rings (SSSR count). The number of aryl methyl sites for hydroxylation is 1. The molecule has 0 saturated heterocycles. The summed E-state index contributed by atoms with van der Waals surface area (Å²) < 4.78 is 6.05. The second-order valence-electron chi connectivity index (χ2n) is 9.20. The molecule has 0 aliphatic heterocycles. The molecule has 2 saturated carbocycles. The number of hydrogen-bond donors (Lipinski definition) is 1. The molecule has 3 aliphatic carbocycles. The molecule has 0 radical (unpaired) electrons. The Hall–Kier alpha value is -2.29. The monoisotopic (exact) mass is 375 g/mol. The summed E-state index contributed by atoms with van der Waals surface area (Å²) in [4.78, 5) is 12.5. The molecular weight excluding hydrogens is 346 g/mol. The van der Waals surface area contributed by atoms with Crippen LogP contribution >= 0.6 is 0 Å². The van der Waals surface area contributed by atoms with Gasteiger partial charge in [-0.1, -0.05) is 37.3 Å². The standard InChI is InChI=1S/C25H29NO2/c1-25-12-11-18-19(21(25)9-10-24(25)27)8-7-17-13-23(22(26)14-20(17)18)28-15-16-5-3-2-4-6-16/h2-6,13-14,18-19,21H,7-12,15,26H2,1H3/t18-,19+,21-,25-/m0/s1. The third kappa shape index (κ3) is 2.75. The highest BCUT2D eigenvalue weighted by Gasteiger charge is 2.54. The average molecular weight is 376 g/mol. The highest BCUT2D eigenvalue weighted by molar-refractivity contribution is 5.87. The Balaban J connectivity index is 1.40. The number of fused-ring (bicyclic) bond motifs is 5. The number of ether oxygens (including phenoxy) is 1. The lowest BCUT2D eigenvalue weighted by Crippen LogP contribution is -2.42. The Morgan fingerprint density at radius 1 is 1.11 bits per heavy atom. The van der Waals surface area contributed by atoms with Crippen molar-refractivity contribution in [1.82, 2.24) is 0 Å². The van der Waals surface area contributed by atoms with E-state index >= 15 is 0 Å². The van der Waals surface area contributed by atoms with Crippen LogP contribution in [0, 0.1) is 17.3 Å². The number of nitrogen functional groups attached to an aromatic ring is 1. The van der Waals surface area contributed by atoms with Gasteiger partial charge in [0.25, 0.3) is 0 Å². The third-order valence-electron chi connectivity index (χ3n) is 7.80. The van der Waals surface area contributed by atoms with Crippen LogP contribution in [-0.4, -0.2) is 5.78 Å². The third-order valence-corrected chi connectivity index (χ3v) is 7.80. The second-order valence-corrected chi connectivity index (χ2v) is 9.20. The molecule has 3 heteroatoms. The van der Waals surface area contributed by atoms with Crippen LogP contribution in [0.4, 0.5) is 5.69 Å². The summed E-state index contributed by atoms with van der Waals surface area (Å²) in [6, 6.07) is 14.6. The van der Waals surface area contributed by atoms with Gasteiger partial charge in [-0.25, -0.2) is 0 Å². The normalized spacial score (nSPS) is 31.0. The lowest BCUT2D eigenvalue weighted by Gasteiger charge is -2.48. The number of ketones is 1. The van der Waals surface area contributed by atoms with Gasteiger partial charge in [-0.05, 0) is 78.7 Å². The summed E-state index contributed by atoms with van der Waals surface area (Å²) in [6.45, 7) is 2.77. The predicted molar refractivity (Wildman–Crippen MR) is 111 cm³/mol. The van der Waals surface area contributed by atoms with E-state index in [1.54, 1.807) is 0 Å². The number of rotatable bonds is 3. The number of nitrogens with two attached hydrogens (primary N) is 1. The Morgan fingerprint density at radius 3 is 2.75 bits per heavy atom. The van der Waals surface area contributed by atoms with E-state index in [9.17, 15) is 4.79 Å². The van der Waals surface area contributed by atoms with Crippen LogP contribution in [0.1, 0.15) is 61.6 Å². The fourth-order valence-electron chi connectivity index (χ4n) is 6.25. The van der Waals surface area contributed by atoms with E-state index < -0.39 is 0 Å². The van der Waals surface area contributed by atoms with Crippen molar-refractivity contribution in [2.45, 2.75) is 58.0 Å². The second kappa shape index (κ2) is 6.65. The summed E-state index contributed by atoms with van der Waals surface area (Å²) in [7, 11) is 0. The maximum Gasteiger partial charge on any atom is 0.142 e. The van der Waals surface area contributed by atoms with Crippen LogP contribution in [0.2, 0.25) is 0 Å². The van der Waals surface area contributed by atoms with Crippen molar-refractivity contribution in [2.75, 3.05) is 5.73 Å². The van der Waals surface area contributed by atoms with E-state index in [4.69, 9.17) is 10.5 Å². The molecule has 28 heavy (non-hydrogen) atoms. The quantitative estimate of drug-likeness (QED) is 0.743. The van der Waals surface area contributed by atoms with Crippen LogP contribution in [0.3, 0.4) is 0 Å². The number of hydrogen-bond acceptors (Lipinski definition) is 3. The largest absolute Gasteiger partial charge is 0.487 e. The van der Waals surface area contributed by atoms with Crippen molar-refractivity contribution in [3.8, 4) is 5.75 Å². The molecule has 3 nitrogen and oxygen atoms in total. The van der Waals surface area contributed by atoms with E-state index in [1.807, 2.05) is 18.2 Å². The molecule has 0 amide bonds. The van der Waals surface area contributed by atoms with Crippen LogP contribution in [0.5, 0.6) is 5.75 Å². The van der Waals surface area contributed by atoms with E-state index in [1.165, 1.54) is 17.5 Å². The number of carbonyl (C=O) groups is 1. The van der Waals surface area contributed by atoms with Gasteiger partial charge in [0.2, 0.25) is 0 Å². The number of carbonyl (C=O) groups excluding carboxylic acids is 1. The topological polar surface area (TPSA) is 52.3 Å². The molecule has 146 valence electrons. The molecule has 2 aromatic rings. The molecule has 4 atom stereocenters. The van der Waals surface area contributed by atoms with Crippen LogP contribution in [-0.2, 0) is 17.8 Å². The molecule has 0 bridgehead atoms. The molecule has 0 heterocycles. The van der Waals surface area contributed by atoms with Crippen LogP contribution < -0.4 is 10.5 Å². The highest BCUT2D eigenvalue weighted by Crippen LogP contribution is 2.59. The molecule has 3 aliphatic rings. The van der Waals surface area contributed by atoms with Gasteiger partial charge in [0.05, 0.1) is 5.69 Å². The van der Waals surface area contributed by atoms with E-state index in [0.29, 0.717) is 30.1 Å². The summed E-state index contributed by atoms with van der Waals surface area (Å²) in [5.41, 5.74) is 11.0. The van der Waals surface area contributed by atoms with Crippen LogP contribution in [0.25, 0.3) is 0 Å². The van der Waals surface area contributed by atoms with Crippen LogP contribution in [0.15, 0.2) is 42.5 Å². The Labute approximate surface area is 167 Å². The molecule has 0 spiro atoms. The maximum absolute atomic E-state index is 12.5. The first-order valence-corrected chi connectivity index (χ1v) is 10.7. The minimum atomic E-state index is -0.0665. The summed E-state index contributed by atoms with van der Waals surface area (Å²) in [5, 5.41) is 0. The van der Waals surface area contributed by atoms with Gasteiger partial charge in [0.1, 0.15) is 18.1 Å². The number of anilines is 1. The number of Topliss-reactive ketones (excluding diaryl/α,β-unsaturated/α-hetero) is 1. The first-order chi connectivity index (χ1) is 13.6. The zero-order chi connectivity index (χ0) is 19.3. The summed E-state index contributed by atoms with van der Waals surface area (Å²) >= 11 is 0. The zero-order valence-electron chi connectivity index (χ0n) is 16.6. The molecular formula is C25H29NO2. The van der Waals surface area contributed by atoms with E-state index in [2.05, 4.69) is 31.2 Å². The number of benzene rings is 2. The average Bonchev–Trinajstić information content (AvgIpc) is 3.02. The summed E-state index contributed by atoms with van der Waals surface area (Å²) in [6.07, 6.45) is 6.26. The molecule has 0 aromatic heterocycles. The molecule has 2 fully saturated rings. The fraction of sp³-hybridized carbons (Fsp3) is 0.480. The highest BCUT2D eigenvalue weighted by atomic mass is 16.5. The van der Waals surface area contributed by atoms with Gasteiger partial charge in [0, 0.05) is 11.8 Å². The van der Waals surface area contributed by atoms with Gasteiger partial charge >= 0.3 is 0 Å². The maximum atomic E-state index is 12.5. The van der Waals surface area contributed by atoms with Crippen molar-refractivity contribution in [3.63, 3.8) is 0 Å². The summed E-state index contributed by atoms with van der Waals surface area (Å²) in [5.74, 6) is 3.05. The first-order valence-electron chi connectivity index (χ1n) is 10.7. The minimum Gasteiger partial charge on any atom is -0.487 e. The molecule has 2 aromatic carbocycles. The Bertz CT molecular complexity index is 906. The lowest BCUT2D eigenvalue weighted by atomic mass is 9.55. The van der Waals surface area contributed by atoms with Crippen molar-refractivity contribution in [2.24, 2.45) is 17.3 Å². The minimum absolute atomic E-state index is 0.0665. The van der Waals surface area contributed by atoms with Gasteiger partial charge < -0.3 is 10.5 Å². The zero-order valence-corrected chi connectivity index (χ0v) is 16.6. The van der Waals surface area contributed by atoms with Crippen molar-refractivity contribution in [3.05, 3.63) is 59.2 Å².